The number of fused-ring (bicyclic) bond motifs is 1. The van der Waals surface area contributed by atoms with Gasteiger partial charge in [0, 0.05) is 38.5 Å². The highest BCUT2D eigenvalue weighted by Gasteiger charge is 2.43. The highest BCUT2D eigenvalue weighted by molar-refractivity contribution is 5.85. The van der Waals surface area contributed by atoms with Gasteiger partial charge in [0.2, 0.25) is 5.91 Å². The molecular formula is C25H30ClN3O3. The molecule has 2 heterocycles. The molecule has 1 spiro atoms. The fourth-order valence-corrected chi connectivity index (χ4v) is 4.67. The Balaban J connectivity index is 0.00000289. The maximum Gasteiger partial charge on any atom is 0.217 e. The number of nitrogens with zero attached hydrogens (tertiary/aromatic N) is 2. The number of benzene rings is 2. The highest BCUT2D eigenvalue weighted by Crippen LogP contribution is 2.45. The number of carbonyl (C=O) groups is 1. The van der Waals surface area contributed by atoms with Gasteiger partial charge in [-0.05, 0) is 55.2 Å². The summed E-state index contributed by atoms with van der Waals surface area (Å²) in [6.07, 6.45) is 3.61. The molecular weight excluding hydrogens is 426 g/mol. The number of nitrogens with one attached hydrogen (secondary N) is 1. The van der Waals surface area contributed by atoms with Gasteiger partial charge in [-0.3, -0.25) is 4.79 Å². The van der Waals surface area contributed by atoms with E-state index in [0.29, 0.717) is 5.56 Å². The summed E-state index contributed by atoms with van der Waals surface area (Å²) >= 11 is 0. The quantitative estimate of drug-likeness (QED) is 0.736. The molecule has 2 aliphatic heterocycles. The molecule has 0 aliphatic carbocycles. The lowest BCUT2D eigenvalue weighted by atomic mass is 9.80. The van der Waals surface area contributed by atoms with Crippen LogP contribution in [0.4, 0.5) is 0 Å². The second-order valence-corrected chi connectivity index (χ2v) is 8.55. The van der Waals surface area contributed by atoms with Crippen LogP contribution < -0.4 is 14.8 Å². The van der Waals surface area contributed by atoms with Crippen LogP contribution in [0.2, 0.25) is 0 Å². The molecule has 170 valence electrons. The van der Waals surface area contributed by atoms with Gasteiger partial charge in [-0.15, -0.1) is 12.4 Å². The number of halogens is 1. The molecule has 0 aromatic heterocycles. The van der Waals surface area contributed by atoms with Crippen LogP contribution in [0.15, 0.2) is 42.5 Å². The molecule has 2 aliphatic rings. The van der Waals surface area contributed by atoms with E-state index in [4.69, 9.17) is 14.7 Å². The van der Waals surface area contributed by atoms with E-state index in [-0.39, 0.29) is 30.0 Å². The number of likely N-dealkylation sites (tertiary alicyclic amines) is 1. The summed E-state index contributed by atoms with van der Waals surface area (Å²) < 4.78 is 11.9. The zero-order valence-corrected chi connectivity index (χ0v) is 19.4. The average Bonchev–Trinajstić information content (AvgIpc) is 2.78. The minimum Gasteiger partial charge on any atom is -0.497 e. The van der Waals surface area contributed by atoms with E-state index < -0.39 is 0 Å². The number of rotatable bonds is 5. The summed E-state index contributed by atoms with van der Waals surface area (Å²) in [7, 11) is 1.65. The number of ether oxygens (including phenoxy) is 2. The monoisotopic (exact) mass is 455 g/mol. The Labute approximate surface area is 195 Å². The topological polar surface area (TPSA) is 74.6 Å². The smallest absolute Gasteiger partial charge is 0.217 e. The Kier molecular flexibility index (Phi) is 7.65. The van der Waals surface area contributed by atoms with E-state index >= 15 is 0 Å². The molecule has 4 rings (SSSR count). The van der Waals surface area contributed by atoms with Crippen LogP contribution in [0.3, 0.4) is 0 Å². The normalized spacial score (nSPS) is 19.1. The zero-order valence-electron chi connectivity index (χ0n) is 18.6. The zero-order chi connectivity index (χ0) is 21.8. The van der Waals surface area contributed by atoms with Gasteiger partial charge < -0.3 is 19.7 Å². The largest absolute Gasteiger partial charge is 0.497 e. The molecule has 1 saturated heterocycles. The third-order valence-electron chi connectivity index (χ3n) is 6.44. The minimum atomic E-state index is -0.250. The molecule has 0 saturated carbocycles. The summed E-state index contributed by atoms with van der Waals surface area (Å²) in [5.41, 5.74) is 2.69. The Hall–Kier alpha value is -2.75. The van der Waals surface area contributed by atoms with Crippen molar-refractivity contribution in [3.05, 3.63) is 59.2 Å². The first-order chi connectivity index (χ1) is 15.0. The number of carbonyl (C=O) groups excluding carboxylic acids is 1. The van der Waals surface area contributed by atoms with Crippen LogP contribution in [-0.4, -0.2) is 43.2 Å². The second-order valence-electron chi connectivity index (χ2n) is 8.55. The van der Waals surface area contributed by atoms with Crippen molar-refractivity contribution in [1.82, 2.24) is 10.2 Å². The minimum absolute atomic E-state index is 0. The molecule has 2 aromatic carbocycles. The van der Waals surface area contributed by atoms with E-state index in [1.54, 1.807) is 14.0 Å². The third-order valence-corrected chi connectivity index (χ3v) is 6.44. The lowest BCUT2D eigenvalue weighted by Gasteiger charge is -2.47. The first kappa shape index (κ1) is 23.9. The lowest BCUT2D eigenvalue weighted by molar-refractivity contribution is -0.120. The maximum atomic E-state index is 11.9. The van der Waals surface area contributed by atoms with Gasteiger partial charge in [-0.2, -0.15) is 5.26 Å². The molecule has 1 N–H and O–H groups in total. The number of hydrogen-bond acceptors (Lipinski definition) is 5. The third kappa shape index (κ3) is 5.35. The first-order valence-corrected chi connectivity index (χ1v) is 10.9. The van der Waals surface area contributed by atoms with Crippen molar-refractivity contribution in [1.29, 1.82) is 5.26 Å². The van der Waals surface area contributed by atoms with Crippen LogP contribution >= 0.6 is 12.4 Å². The number of nitriles is 1. The molecule has 32 heavy (non-hydrogen) atoms. The van der Waals surface area contributed by atoms with E-state index in [1.165, 1.54) is 5.56 Å². The van der Waals surface area contributed by atoms with Gasteiger partial charge in [0.05, 0.1) is 24.8 Å². The average molecular weight is 456 g/mol. The predicted molar refractivity (Wildman–Crippen MR) is 125 cm³/mol. The fraction of sp³-hybridized carbons (Fsp3) is 0.440. The van der Waals surface area contributed by atoms with E-state index in [2.05, 4.69) is 16.3 Å². The van der Waals surface area contributed by atoms with Crippen LogP contribution in [0.5, 0.6) is 11.5 Å². The Morgan fingerprint density at radius 2 is 1.97 bits per heavy atom. The van der Waals surface area contributed by atoms with Gasteiger partial charge in [-0.25, -0.2) is 0 Å². The van der Waals surface area contributed by atoms with Crippen molar-refractivity contribution in [2.45, 2.75) is 44.2 Å². The first-order valence-electron chi connectivity index (χ1n) is 10.9. The van der Waals surface area contributed by atoms with E-state index in [1.807, 2.05) is 42.5 Å². The number of amides is 1. The fourth-order valence-electron chi connectivity index (χ4n) is 4.67. The van der Waals surface area contributed by atoms with Crippen molar-refractivity contribution in [2.75, 3.05) is 26.7 Å². The van der Waals surface area contributed by atoms with Crippen LogP contribution in [-0.2, 0) is 11.2 Å². The second kappa shape index (κ2) is 10.2. The summed E-state index contributed by atoms with van der Waals surface area (Å²) in [6, 6.07) is 15.8. The summed E-state index contributed by atoms with van der Waals surface area (Å²) in [5, 5.41) is 12.1. The molecule has 7 heteroatoms. The molecule has 1 unspecified atom stereocenters. The van der Waals surface area contributed by atoms with Gasteiger partial charge in [-0.1, -0.05) is 12.1 Å². The number of hydrogen-bond donors (Lipinski definition) is 1. The van der Waals surface area contributed by atoms with Crippen molar-refractivity contribution in [3.8, 4) is 17.6 Å². The van der Waals surface area contributed by atoms with Crippen LogP contribution in [0.25, 0.3) is 0 Å². The molecule has 2 aromatic rings. The van der Waals surface area contributed by atoms with Gasteiger partial charge in [0.15, 0.2) is 0 Å². The molecule has 1 amide bonds. The SMILES string of the molecule is COc1ccc2c(c1)C(NC(C)=O)CC1(CCN(CCc3ccc(C#N)cc3)CC1)O2.Cl. The highest BCUT2D eigenvalue weighted by atomic mass is 35.5. The van der Waals surface area contributed by atoms with E-state index in [9.17, 15) is 4.79 Å². The predicted octanol–water partition coefficient (Wildman–Crippen LogP) is 4.03. The maximum absolute atomic E-state index is 11.9. The Bertz CT molecular complexity index is 979. The lowest BCUT2D eigenvalue weighted by Crippen LogP contribution is -2.52. The van der Waals surface area contributed by atoms with Crippen molar-refractivity contribution < 1.29 is 14.3 Å². The Morgan fingerprint density at radius 1 is 1.25 bits per heavy atom. The number of methoxy groups -OCH3 is 1. The van der Waals surface area contributed by atoms with Crippen molar-refractivity contribution in [3.63, 3.8) is 0 Å². The van der Waals surface area contributed by atoms with Gasteiger partial charge in [0.25, 0.3) is 0 Å². The number of piperidine rings is 1. The summed E-state index contributed by atoms with van der Waals surface area (Å²) in [6.45, 7) is 4.49. The standard InChI is InChI=1S/C25H29N3O3.ClH/c1-18(29)27-23-16-25(31-24-8-7-21(30-2)15-22(23)24)10-13-28(14-11-25)12-9-19-3-5-20(17-26)6-4-19;/h3-8,15,23H,9-14,16H2,1-2H3,(H,27,29);1H. The summed E-state index contributed by atoms with van der Waals surface area (Å²) in [5.74, 6) is 1.58. The summed E-state index contributed by atoms with van der Waals surface area (Å²) in [4.78, 5) is 14.3. The molecule has 1 atom stereocenters. The Morgan fingerprint density at radius 3 is 2.59 bits per heavy atom. The molecule has 0 radical (unpaired) electrons. The van der Waals surface area contributed by atoms with Gasteiger partial charge in [0.1, 0.15) is 17.1 Å². The van der Waals surface area contributed by atoms with Crippen molar-refractivity contribution in [2.24, 2.45) is 0 Å². The van der Waals surface area contributed by atoms with Crippen LogP contribution in [0.1, 0.15) is 48.9 Å². The van der Waals surface area contributed by atoms with E-state index in [0.717, 1.165) is 62.4 Å². The molecule has 6 nitrogen and oxygen atoms in total. The molecule has 1 fully saturated rings. The van der Waals surface area contributed by atoms with Crippen molar-refractivity contribution >= 4 is 18.3 Å². The molecule has 0 bridgehead atoms. The van der Waals surface area contributed by atoms with Crippen LogP contribution in [0, 0.1) is 11.3 Å². The van der Waals surface area contributed by atoms with Gasteiger partial charge >= 0.3 is 0 Å².